The minimum atomic E-state index is -0.247. The molecule has 1 rings (SSSR count). The van der Waals surface area contributed by atoms with Gasteiger partial charge in [0.25, 0.3) is 0 Å². The summed E-state index contributed by atoms with van der Waals surface area (Å²) >= 11 is 2.80. The molecule has 1 atom stereocenters. The second kappa shape index (κ2) is 6.16. The van der Waals surface area contributed by atoms with E-state index in [-0.39, 0.29) is 16.9 Å². The molecule has 6 heteroatoms. The summed E-state index contributed by atoms with van der Waals surface area (Å²) in [6.45, 7) is 7.19. The van der Waals surface area contributed by atoms with Gasteiger partial charge in [-0.1, -0.05) is 0 Å². The molecule has 1 aromatic rings. The molecule has 1 N–H and O–H groups in total. The van der Waals surface area contributed by atoms with Gasteiger partial charge in [0.05, 0.1) is 16.7 Å². The molecular weight excluding hydrogens is 256 g/mol. The molecule has 94 valence electrons. The summed E-state index contributed by atoms with van der Waals surface area (Å²) in [6, 6.07) is 0. The Morgan fingerprint density at radius 3 is 2.59 bits per heavy atom. The summed E-state index contributed by atoms with van der Waals surface area (Å²) in [7, 11) is 0. The number of rotatable bonds is 5. The van der Waals surface area contributed by atoms with Crippen molar-refractivity contribution in [3.63, 3.8) is 0 Å². The first-order valence-electron chi connectivity index (χ1n) is 5.26. The molecule has 0 aliphatic rings. The fraction of sp³-hybridized carbons (Fsp3) is 0.545. The number of thiazole rings is 1. The van der Waals surface area contributed by atoms with Crippen molar-refractivity contribution in [3.8, 4) is 0 Å². The predicted molar refractivity (Wildman–Crippen MR) is 72.8 cm³/mol. The largest absolute Gasteiger partial charge is 0.301 e. The Hall–Kier alpha value is -0.880. The lowest BCUT2D eigenvalue weighted by Crippen LogP contribution is -2.23. The molecule has 0 radical (unpaired) electrons. The summed E-state index contributed by atoms with van der Waals surface area (Å²) in [5, 5.41) is 3.14. The number of ketones is 1. The van der Waals surface area contributed by atoms with Crippen molar-refractivity contribution in [1.29, 1.82) is 0 Å². The van der Waals surface area contributed by atoms with Gasteiger partial charge in [0.15, 0.2) is 5.13 Å². The van der Waals surface area contributed by atoms with Crippen molar-refractivity contribution in [2.75, 3.05) is 11.1 Å². The fourth-order valence-electron chi connectivity index (χ4n) is 1.05. The summed E-state index contributed by atoms with van der Waals surface area (Å²) < 4.78 is 0. The average Bonchev–Trinajstić information content (AvgIpc) is 2.54. The lowest BCUT2D eigenvalue weighted by molar-refractivity contribution is -0.115. The molecule has 0 aliphatic carbocycles. The Bertz CT molecular complexity index is 410. The van der Waals surface area contributed by atoms with Crippen LogP contribution in [0.3, 0.4) is 0 Å². The van der Waals surface area contributed by atoms with Gasteiger partial charge in [-0.15, -0.1) is 23.1 Å². The molecule has 0 bridgehead atoms. The van der Waals surface area contributed by atoms with Crippen LogP contribution in [-0.2, 0) is 9.59 Å². The van der Waals surface area contributed by atoms with Crippen molar-refractivity contribution in [2.45, 2.75) is 32.9 Å². The van der Waals surface area contributed by atoms with E-state index in [0.29, 0.717) is 10.9 Å². The molecule has 0 spiro atoms. The molecule has 1 amide bonds. The highest BCUT2D eigenvalue weighted by atomic mass is 32.2. The number of anilines is 1. The Labute approximate surface area is 109 Å². The van der Waals surface area contributed by atoms with Crippen molar-refractivity contribution >= 4 is 39.9 Å². The zero-order valence-corrected chi connectivity index (χ0v) is 12.0. The van der Waals surface area contributed by atoms with E-state index in [0.717, 1.165) is 10.6 Å². The van der Waals surface area contributed by atoms with Crippen molar-refractivity contribution in [1.82, 2.24) is 4.98 Å². The Morgan fingerprint density at radius 1 is 1.47 bits per heavy atom. The van der Waals surface area contributed by atoms with E-state index >= 15 is 0 Å². The summed E-state index contributed by atoms with van der Waals surface area (Å²) in [6.07, 6.45) is 0. The third-order valence-electron chi connectivity index (χ3n) is 2.16. The Balaban J connectivity index is 2.51. The van der Waals surface area contributed by atoms with Crippen LogP contribution in [-0.4, -0.2) is 27.7 Å². The van der Waals surface area contributed by atoms with Gasteiger partial charge in [0.1, 0.15) is 5.78 Å². The fourth-order valence-corrected chi connectivity index (χ4v) is 2.56. The summed E-state index contributed by atoms with van der Waals surface area (Å²) in [4.78, 5) is 27.9. The highest BCUT2D eigenvalue weighted by molar-refractivity contribution is 8.01. The molecule has 0 saturated carbocycles. The van der Waals surface area contributed by atoms with E-state index in [1.165, 1.54) is 30.0 Å². The first-order chi connectivity index (χ1) is 7.90. The van der Waals surface area contributed by atoms with Crippen LogP contribution in [0.2, 0.25) is 0 Å². The van der Waals surface area contributed by atoms with Crippen molar-refractivity contribution in [2.24, 2.45) is 0 Å². The number of hydrogen-bond donors (Lipinski definition) is 1. The topological polar surface area (TPSA) is 59.1 Å². The van der Waals surface area contributed by atoms with E-state index < -0.39 is 0 Å². The second-order valence-corrected chi connectivity index (χ2v) is 6.34. The Morgan fingerprint density at radius 2 is 2.12 bits per heavy atom. The number of Topliss-reactive ketones (excluding diaryl/α,β-unsaturated/α-hetero) is 1. The highest BCUT2D eigenvalue weighted by Gasteiger charge is 2.16. The number of thioether (sulfide) groups is 1. The number of hydrogen-bond acceptors (Lipinski definition) is 5. The molecule has 0 saturated heterocycles. The first kappa shape index (κ1) is 14.2. The zero-order valence-electron chi connectivity index (χ0n) is 10.4. The van der Waals surface area contributed by atoms with Gasteiger partial charge >= 0.3 is 0 Å². The molecule has 0 fully saturated rings. The maximum Gasteiger partial charge on any atom is 0.239 e. The van der Waals surface area contributed by atoms with Crippen molar-refractivity contribution in [3.05, 3.63) is 10.6 Å². The second-order valence-electron chi connectivity index (χ2n) is 3.81. The van der Waals surface area contributed by atoms with Crippen LogP contribution in [0.25, 0.3) is 0 Å². The van der Waals surface area contributed by atoms with Gasteiger partial charge < -0.3 is 5.32 Å². The molecular formula is C11H16N2O2S2. The van der Waals surface area contributed by atoms with Gasteiger partial charge in [-0.05, 0) is 27.7 Å². The maximum absolute atomic E-state index is 11.8. The van der Waals surface area contributed by atoms with Crippen LogP contribution >= 0.6 is 23.1 Å². The van der Waals surface area contributed by atoms with E-state index in [4.69, 9.17) is 0 Å². The average molecular weight is 272 g/mol. The van der Waals surface area contributed by atoms with Gasteiger partial charge in [-0.3, -0.25) is 9.59 Å². The SMILES string of the molecule is CC(=O)CSC(C)C(=O)Nc1nc(C)c(C)s1. The molecule has 0 aromatic carbocycles. The number of nitrogens with one attached hydrogen (secondary N) is 1. The molecule has 4 nitrogen and oxygen atoms in total. The molecule has 17 heavy (non-hydrogen) atoms. The normalized spacial score (nSPS) is 12.2. The van der Waals surface area contributed by atoms with Gasteiger partial charge in [-0.2, -0.15) is 0 Å². The first-order valence-corrected chi connectivity index (χ1v) is 7.12. The predicted octanol–water partition coefficient (Wildman–Crippen LogP) is 2.41. The van der Waals surface area contributed by atoms with Crippen LogP contribution in [0.1, 0.15) is 24.4 Å². The van der Waals surface area contributed by atoms with E-state index in [2.05, 4.69) is 10.3 Å². The van der Waals surface area contributed by atoms with Gasteiger partial charge in [0.2, 0.25) is 5.91 Å². The minimum absolute atomic E-state index is 0.0792. The lowest BCUT2D eigenvalue weighted by Gasteiger charge is -2.08. The number of nitrogens with zero attached hydrogens (tertiary/aromatic N) is 1. The molecule has 0 aliphatic heterocycles. The summed E-state index contributed by atoms with van der Waals surface area (Å²) in [5.74, 6) is 0.338. The van der Waals surface area contributed by atoms with Crippen LogP contribution in [0, 0.1) is 13.8 Å². The van der Waals surface area contributed by atoms with Crippen LogP contribution < -0.4 is 5.32 Å². The smallest absolute Gasteiger partial charge is 0.239 e. The molecule has 1 aromatic heterocycles. The van der Waals surface area contributed by atoms with Gasteiger partial charge in [0, 0.05) is 4.88 Å². The number of aromatic nitrogens is 1. The number of amides is 1. The van der Waals surface area contributed by atoms with Gasteiger partial charge in [-0.25, -0.2) is 4.98 Å². The third kappa shape index (κ3) is 4.47. The van der Waals surface area contributed by atoms with E-state index in [1.54, 1.807) is 6.92 Å². The monoisotopic (exact) mass is 272 g/mol. The van der Waals surface area contributed by atoms with Crippen LogP contribution in [0.15, 0.2) is 0 Å². The highest BCUT2D eigenvalue weighted by Crippen LogP contribution is 2.22. The minimum Gasteiger partial charge on any atom is -0.301 e. The standard InChI is InChI=1S/C11H16N2O2S2/c1-6(14)5-16-9(4)10(15)13-11-12-7(2)8(3)17-11/h9H,5H2,1-4H3,(H,12,13,15). The third-order valence-corrected chi connectivity index (χ3v) is 4.44. The van der Waals surface area contributed by atoms with Crippen LogP contribution in [0.5, 0.6) is 0 Å². The van der Waals surface area contributed by atoms with Crippen molar-refractivity contribution < 1.29 is 9.59 Å². The summed E-state index contributed by atoms with van der Waals surface area (Å²) in [5.41, 5.74) is 0.939. The number of carbonyl (C=O) groups is 2. The molecule has 1 heterocycles. The quantitative estimate of drug-likeness (QED) is 0.894. The zero-order chi connectivity index (χ0) is 13.0. The lowest BCUT2D eigenvalue weighted by atomic mass is 10.4. The maximum atomic E-state index is 11.8. The van der Waals surface area contributed by atoms with E-state index in [1.807, 2.05) is 13.8 Å². The van der Waals surface area contributed by atoms with E-state index in [9.17, 15) is 9.59 Å². The van der Waals surface area contributed by atoms with Crippen LogP contribution in [0.4, 0.5) is 5.13 Å². The number of aryl methyl sites for hydroxylation is 2. The number of carbonyl (C=O) groups excluding carboxylic acids is 2. The molecule has 1 unspecified atom stereocenters. The Kier molecular flexibility index (Phi) is 5.14.